The van der Waals surface area contributed by atoms with Gasteiger partial charge in [0.05, 0.1) is 9.88 Å². The molecule has 1 aliphatic heterocycles. The van der Waals surface area contributed by atoms with Gasteiger partial charge in [0.2, 0.25) is 0 Å². The summed E-state index contributed by atoms with van der Waals surface area (Å²) in [5.41, 5.74) is 6.37. The van der Waals surface area contributed by atoms with Crippen molar-refractivity contribution < 1.29 is 13.2 Å². The molecule has 1 saturated heterocycles. The molecule has 3 rings (SSSR count). The Hall–Kier alpha value is -1.15. The van der Waals surface area contributed by atoms with Crippen molar-refractivity contribution in [1.29, 1.82) is 0 Å². The lowest BCUT2D eigenvalue weighted by molar-refractivity contribution is -0.141. The average molecular weight is 392 g/mol. The SMILES string of the molecule is Cc1nc(C(F)(F)F)c(CN2C[C@@H](CN)[C@H](c3ccccc3)C2)s1.Cl. The summed E-state index contributed by atoms with van der Waals surface area (Å²) >= 11 is 1.13. The maximum absolute atomic E-state index is 13.1. The number of nitrogens with two attached hydrogens (primary N) is 1. The summed E-state index contributed by atoms with van der Waals surface area (Å²) in [6.45, 7) is 3.86. The molecule has 25 heavy (non-hydrogen) atoms. The first-order valence-electron chi connectivity index (χ1n) is 7.89. The monoisotopic (exact) mass is 391 g/mol. The van der Waals surface area contributed by atoms with Crippen molar-refractivity contribution in [1.82, 2.24) is 9.88 Å². The molecule has 0 amide bonds. The largest absolute Gasteiger partial charge is 0.434 e. The number of hydrogen-bond acceptors (Lipinski definition) is 4. The Morgan fingerprint density at radius 1 is 1.24 bits per heavy atom. The van der Waals surface area contributed by atoms with Gasteiger partial charge in [-0.3, -0.25) is 4.90 Å². The number of aryl methyl sites for hydroxylation is 1. The van der Waals surface area contributed by atoms with E-state index < -0.39 is 11.9 Å². The molecule has 2 N–H and O–H groups in total. The van der Waals surface area contributed by atoms with E-state index >= 15 is 0 Å². The fourth-order valence-electron chi connectivity index (χ4n) is 3.41. The normalized spacial score (nSPS) is 21.3. The van der Waals surface area contributed by atoms with E-state index in [-0.39, 0.29) is 30.8 Å². The number of halogens is 4. The van der Waals surface area contributed by atoms with Gasteiger partial charge >= 0.3 is 6.18 Å². The van der Waals surface area contributed by atoms with E-state index in [1.54, 1.807) is 6.92 Å². The van der Waals surface area contributed by atoms with Gasteiger partial charge in [0.15, 0.2) is 5.69 Å². The molecule has 0 saturated carbocycles. The Morgan fingerprint density at radius 2 is 1.92 bits per heavy atom. The van der Waals surface area contributed by atoms with Crippen molar-refractivity contribution in [2.45, 2.75) is 25.6 Å². The van der Waals surface area contributed by atoms with Crippen LogP contribution in [0.3, 0.4) is 0 Å². The predicted molar refractivity (Wildman–Crippen MR) is 96.1 cm³/mol. The van der Waals surface area contributed by atoms with E-state index in [4.69, 9.17) is 5.73 Å². The van der Waals surface area contributed by atoms with Crippen LogP contribution >= 0.6 is 23.7 Å². The second-order valence-corrected chi connectivity index (χ2v) is 7.50. The minimum Gasteiger partial charge on any atom is -0.330 e. The van der Waals surface area contributed by atoms with Gasteiger partial charge in [-0.15, -0.1) is 23.7 Å². The van der Waals surface area contributed by atoms with E-state index in [1.807, 2.05) is 18.2 Å². The van der Waals surface area contributed by atoms with Gasteiger partial charge in [-0.1, -0.05) is 30.3 Å². The molecule has 2 atom stereocenters. The molecule has 1 fully saturated rings. The molecular formula is C17H21ClF3N3S. The van der Waals surface area contributed by atoms with Crippen LogP contribution in [0.4, 0.5) is 13.2 Å². The molecule has 0 bridgehead atoms. The second kappa shape index (κ2) is 8.03. The Balaban J connectivity index is 0.00000225. The fourth-order valence-corrected chi connectivity index (χ4v) is 4.41. The maximum atomic E-state index is 13.1. The molecule has 0 aliphatic carbocycles. The summed E-state index contributed by atoms with van der Waals surface area (Å²) in [6.07, 6.45) is -4.40. The molecule has 8 heteroatoms. The number of rotatable bonds is 4. The van der Waals surface area contributed by atoms with E-state index in [2.05, 4.69) is 22.0 Å². The third-order valence-corrected chi connectivity index (χ3v) is 5.44. The second-order valence-electron chi connectivity index (χ2n) is 6.21. The smallest absolute Gasteiger partial charge is 0.330 e. The quantitative estimate of drug-likeness (QED) is 0.854. The molecule has 0 spiro atoms. The lowest BCUT2D eigenvalue weighted by atomic mass is 9.89. The van der Waals surface area contributed by atoms with E-state index in [0.29, 0.717) is 23.0 Å². The maximum Gasteiger partial charge on any atom is 0.434 e. The van der Waals surface area contributed by atoms with Gasteiger partial charge < -0.3 is 5.73 Å². The first-order valence-corrected chi connectivity index (χ1v) is 8.71. The molecular weight excluding hydrogens is 371 g/mol. The van der Waals surface area contributed by atoms with Gasteiger partial charge in [0.1, 0.15) is 0 Å². The van der Waals surface area contributed by atoms with Crippen molar-refractivity contribution in [2.24, 2.45) is 11.7 Å². The first kappa shape index (κ1) is 20.2. The Bertz CT molecular complexity index is 690. The Morgan fingerprint density at radius 3 is 2.52 bits per heavy atom. The molecule has 138 valence electrons. The predicted octanol–water partition coefficient (Wildman–Crippen LogP) is 4.07. The molecule has 0 unspecified atom stereocenters. The molecule has 3 nitrogen and oxygen atoms in total. The highest BCUT2D eigenvalue weighted by Crippen LogP contribution is 2.37. The van der Waals surface area contributed by atoms with Crippen LogP contribution in [0.25, 0.3) is 0 Å². The zero-order valence-corrected chi connectivity index (χ0v) is 15.4. The molecule has 1 aromatic heterocycles. The van der Waals surface area contributed by atoms with Crippen LogP contribution in [-0.2, 0) is 12.7 Å². The summed E-state index contributed by atoms with van der Waals surface area (Å²) in [7, 11) is 0. The summed E-state index contributed by atoms with van der Waals surface area (Å²) in [4.78, 5) is 6.05. The number of nitrogens with zero attached hydrogens (tertiary/aromatic N) is 2. The Kier molecular flexibility index (Phi) is 6.48. The van der Waals surface area contributed by atoms with Crippen LogP contribution in [0.5, 0.6) is 0 Å². The zero-order valence-electron chi connectivity index (χ0n) is 13.8. The molecule has 2 aromatic rings. The lowest BCUT2D eigenvalue weighted by Gasteiger charge is -2.17. The highest BCUT2D eigenvalue weighted by molar-refractivity contribution is 7.11. The van der Waals surface area contributed by atoms with Crippen molar-refractivity contribution in [3.05, 3.63) is 51.5 Å². The van der Waals surface area contributed by atoms with Gasteiger partial charge in [0, 0.05) is 25.6 Å². The van der Waals surface area contributed by atoms with Crippen LogP contribution in [0, 0.1) is 12.8 Å². The molecule has 2 heterocycles. The third-order valence-electron chi connectivity index (χ3n) is 4.49. The molecule has 1 aromatic carbocycles. The number of hydrogen-bond donors (Lipinski definition) is 1. The first-order chi connectivity index (χ1) is 11.4. The van der Waals surface area contributed by atoms with E-state index in [0.717, 1.165) is 17.9 Å². The topological polar surface area (TPSA) is 42.2 Å². The van der Waals surface area contributed by atoms with Gasteiger partial charge in [-0.2, -0.15) is 13.2 Å². The van der Waals surface area contributed by atoms with E-state index in [1.165, 1.54) is 5.56 Å². The summed E-state index contributed by atoms with van der Waals surface area (Å²) in [5, 5.41) is 0.450. The number of alkyl halides is 3. The van der Waals surface area contributed by atoms with Gasteiger partial charge in [0.25, 0.3) is 0 Å². The number of likely N-dealkylation sites (tertiary alicyclic amines) is 1. The molecule has 1 aliphatic rings. The standard InChI is InChI=1S/C17H20F3N3S.ClH/c1-11-22-16(17(18,19)20)15(24-11)10-23-8-13(7-21)14(9-23)12-5-3-2-4-6-12;/h2-6,13-14H,7-10,21H2,1H3;1H/t13-,14+;/m1./s1. The summed E-state index contributed by atoms with van der Waals surface area (Å²) < 4.78 is 39.4. The van der Waals surface area contributed by atoms with Crippen LogP contribution in [0.15, 0.2) is 30.3 Å². The van der Waals surface area contributed by atoms with E-state index in [9.17, 15) is 13.2 Å². The highest BCUT2D eigenvalue weighted by Gasteiger charge is 2.39. The minimum absolute atomic E-state index is 0. The van der Waals surface area contributed by atoms with Crippen LogP contribution in [0.2, 0.25) is 0 Å². The lowest BCUT2D eigenvalue weighted by Crippen LogP contribution is -2.24. The van der Waals surface area contributed by atoms with Gasteiger partial charge in [-0.05, 0) is 24.9 Å². The van der Waals surface area contributed by atoms with Crippen LogP contribution < -0.4 is 5.73 Å². The van der Waals surface area contributed by atoms with Crippen molar-refractivity contribution in [2.75, 3.05) is 19.6 Å². The summed E-state index contributed by atoms with van der Waals surface area (Å²) in [5.74, 6) is 0.523. The average Bonchev–Trinajstić information content (AvgIpc) is 3.11. The molecule has 0 radical (unpaired) electrons. The van der Waals surface area contributed by atoms with Crippen LogP contribution in [-0.4, -0.2) is 29.5 Å². The van der Waals surface area contributed by atoms with Crippen molar-refractivity contribution in [3.63, 3.8) is 0 Å². The Labute approximate surface area is 155 Å². The highest BCUT2D eigenvalue weighted by atomic mass is 35.5. The number of aromatic nitrogens is 1. The van der Waals surface area contributed by atoms with Gasteiger partial charge in [-0.25, -0.2) is 4.98 Å². The third kappa shape index (κ3) is 4.53. The minimum atomic E-state index is -4.40. The van der Waals surface area contributed by atoms with Crippen LogP contribution in [0.1, 0.15) is 27.1 Å². The summed E-state index contributed by atoms with van der Waals surface area (Å²) in [6, 6.07) is 10.1. The zero-order chi connectivity index (χ0) is 17.3. The fraction of sp³-hybridized carbons (Fsp3) is 0.471. The van der Waals surface area contributed by atoms with Crippen molar-refractivity contribution >= 4 is 23.7 Å². The number of benzene rings is 1. The van der Waals surface area contributed by atoms with Crippen molar-refractivity contribution in [3.8, 4) is 0 Å². The number of thiazole rings is 1.